The van der Waals surface area contributed by atoms with E-state index in [4.69, 9.17) is 5.73 Å². The number of nitrogens with two attached hydrogens (primary N) is 1. The third kappa shape index (κ3) is 1.99. The van der Waals surface area contributed by atoms with Gasteiger partial charge < -0.3 is 5.73 Å². The summed E-state index contributed by atoms with van der Waals surface area (Å²) >= 11 is 0. The van der Waals surface area contributed by atoms with Gasteiger partial charge >= 0.3 is 0 Å². The first-order valence-corrected chi connectivity index (χ1v) is 4.99. The number of benzene rings is 1. The fourth-order valence-electron chi connectivity index (χ4n) is 1.65. The number of pyridine rings is 1. The highest BCUT2D eigenvalue weighted by Crippen LogP contribution is 2.16. The van der Waals surface area contributed by atoms with Gasteiger partial charge in [0.05, 0.1) is 5.69 Å². The highest BCUT2D eigenvalue weighted by molar-refractivity contribution is 5.57. The Hall–Kier alpha value is -1.83. The van der Waals surface area contributed by atoms with Gasteiger partial charge in [-0.05, 0) is 25.1 Å². The van der Waals surface area contributed by atoms with Crippen molar-refractivity contribution in [3.05, 3.63) is 48.2 Å². The van der Waals surface area contributed by atoms with Gasteiger partial charge in [0.1, 0.15) is 7.05 Å². The van der Waals surface area contributed by atoms with Crippen LogP contribution < -0.4 is 10.3 Å². The van der Waals surface area contributed by atoms with E-state index in [-0.39, 0.29) is 0 Å². The van der Waals surface area contributed by atoms with Crippen LogP contribution in [-0.4, -0.2) is 0 Å². The van der Waals surface area contributed by atoms with Crippen molar-refractivity contribution < 1.29 is 4.57 Å². The summed E-state index contributed by atoms with van der Waals surface area (Å²) < 4.78 is 2.04. The van der Waals surface area contributed by atoms with E-state index in [0.29, 0.717) is 0 Å². The van der Waals surface area contributed by atoms with Crippen molar-refractivity contribution in [2.24, 2.45) is 7.05 Å². The second kappa shape index (κ2) is 3.73. The lowest BCUT2D eigenvalue weighted by molar-refractivity contribution is -0.659. The number of rotatable bonds is 1. The van der Waals surface area contributed by atoms with Gasteiger partial charge in [-0.3, -0.25) is 0 Å². The molecule has 76 valence electrons. The zero-order chi connectivity index (χ0) is 10.8. The van der Waals surface area contributed by atoms with E-state index in [1.54, 1.807) is 0 Å². The van der Waals surface area contributed by atoms with Crippen LogP contribution in [0.4, 0.5) is 5.69 Å². The fraction of sp³-hybridized carbons (Fsp3) is 0.154. The number of aryl methyl sites for hydroxylation is 2. The molecular weight excluding hydrogens is 184 g/mol. The van der Waals surface area contributed by atoms with E-state index in [1.165, 1.54) is 16.8 Å². The monoisotopic (exact) mass is 199 g/mol. The van der Waals surface area contributed by atoms with Crippen LogP contribution in [0, 0.1) is 6.92 Å². The number of anilines is 1. The fourth-order valence-corrected chi connectivity index (χ4v) is 1.65. The van der Waals surface area contributed by atoms with Crippen molar-refractivity contribution in [1.29, 1.82) is 0 Å². The van der Waals surface area contributed by atoms with Gasteiger partial charge in [-0.25, -0.2) is 0 Å². The molecule has 0 unspecified atom stereocenters. The third-order valence-electron chi connectivity index (χ3n) is 2.50. The molecule has 2 nitrogen and oxygen atoms in total. The van der Waals surface area contributed by atoms with Crippen molar-refractivity contribution in [3.8, 4) is 11.3 Å². The van der Waals surface area contributed by atoms with Crippen molar-refractivity contribution in [3.63, 3.8) is 0 Å². The Kier molecular flexibility index (Phi) is 2.42. The van der Waals surface area contributed by atoms with Crippen LogP contribution in [0.5, 0.6) is 0 Å². The first kappa shape index (κ1) is 9.71. The third-order valence-corrected chi connectivity index (χ3v) is 2.50. The molecule has 0 aliphatic carbocycles. The molecule has 0 atom stereocenters. The summed E-state index contributed by atoms with van der Waals surface area (Å²) in [6, 6.07) is 12.5. The van der Waals surface area contributed by atoms with E-state index in [1.807, 2.05) is 29.9 Å². The van der Waals surface area contributed by atoms with Crippen molar-refractivity contribution in [2.75, 3.05) is 5.73 Å². The molecule has 0 radical (unpaired) electrons. The van der Waals surface area contributed by atoms with Gasteiger partial charge in [-0.15, -0.1) is 0 Å². The summed E-state index contributed by atoms with van der Waals surface area (Å²) in [6.07, 6.45) is 1.93. The second-order valence-corrected chi connectivity index (χ2v) is 3.82. The van der Waals surface area contributed by atoms with E-state index < -0.39 is 0 Å². The molecule has 0 spiro atoms. The minimum absolute atomic E-state index is 0.786. The van der Waals surface area contributed by atoms with Crippen LogP contribution in [0.15, 0.2) is 42.6 Å². The molecule has 0 amide bonds. The first-order valence-electron chi connectivity index (χ1n) is 4.99. The molecule has 15 heavy (non-hydrogen) atoms. The van der Waals surface area contributed by atoms with Crippen LogP contribution >= 0.6 is 0 Å². The Labute approximate surface area is 90.0 Å². The van der Waals surface area contributed by atoms with Crippen LogP contribution in [0.2, 0.25) is 0 Å². The summed E-state index contributed by atoms with van der Waals surface area (Å²) in [6.45, 7) is 2.09. The molecule has 0 saturated carbocycles. The maximum absolute atomic E-state index is 5.71. The van der Waals surface area contributed by atoms with Crippen LogP contribution in [0.3, 0.4) is 0 Å². The maximum Gasteiger partial charge on any atom is 0.212 e. The lowest BCUT2D eigenvalue weighted by atomic mass is 10.1. The SMILES string of the molecule is Cc1ccc(-c2ccc(N)c[n+]2C)cc1. The lowest BCUT2D eigenvalue weighted by Crippen LogP contribution is -2.30. The number of nitrogen functional groups attached to an aromatic ring is 1. The molecule has 1 heterocycles. The number of hydrogen-bond donors (Lipinski definition) is 1. The minimum atomic E-state index is 0.786. The molecular formula is C13H15N2+. The largest absolute Gasteiger partial charge is 0.394 e. The zero-order valence-corrected chi connectivity index (χ0v) is 9.07. The number of nitrogens with zero attached hydrogens (tertiary/aromatic N) is 1. The molecule has 0 aliphatic heterocycles. The Morgan fingerprint density at radius 1 is 1.00 bits per heavy atom. The predicted molar refractivity (Wildman–Crippen MR) is 62.2 cm³/mol. The molecule has 1 aromatic carbocycles. The van der Waals surface area contributed by atoms with Gasteiger partial charge in [0.2, 0.25) is 5.69 Å². The van der Waals surface area contributed by atoms with E-state index in [9.17, 15) is 0 Å². The molecule has 0 fully saturated rings. The van der Waals surface area contributed by atoms with Crippen molar-refractivity contribution in [2.45, 2.75) is 6.92 Å². The lowest BCUT2D eigenvalue weighted by Gasteiger charge is -2.01. The molecule has 1 aromatic heterocycles. The summed E-state index contributed by atoms with van der Waals surface area (Å²) in [7, 11) is 2.01. The highest BCUT2D eigenvalue weighted by atomic mass is 14.9. The minimum Gasteiger partial charge on any atom is -0.394 e. The Bertz CT molecular complexity index is 472. The highest BCUT2D eigenvalue weighted by Gasteiger charge is 2.08. The van der Waals surface area contributed by atoms with Gasteiger partial charge in [0.15, 0.2) is 6.20 Å². The molecule has 0 saturated heterocycles. The van der Waals surface area contributed by atoms with Crippen LogP contribution in [-0.2, 0) is 7.05 Å². The van der Waals surface area contributed by atoms with E-state index in [2.05, 4.69) is 31.2 Å². The van der Waals surface area contributed by atoms with Gasteiger partial charge in [0.25, 0.3) is 0 Å². The maximum atomic E-state index is 5.71. The second-order valence-electron chi connectivity index (χ2n) is 3.82. The van der Waals surface area contributed by atoms with E-state index >= 15 is 0 Å². The quantitative estimate of drug-likeness (QED) is 0.700. The standard InChI is InChI=1S/C13H15N2/c1-10-3-5-11(6-4-10)13-8-7-12(14)9-15(13)2/h3-9H,14H2,1-2H3/q+1. The van der Waals surface area contributed by atoms with Crippen LogP contribution in [0.1, 0.15) is 5.56 Å². The smallest absolute Gasteiger partial charge is 0.212 e. The topological polar surface area (TPSA) is 29.9 Å². The van der Waals surface area contributed by atoms with Gasteiger partial charge in [0, 0.05) is 11.6 Å². The molecule has 0 bridgehead atoms. The Morgan fingerprint density at radius 3 is 2.27 bits per heavy atom. The normalized spacial score (nSPS) is 10.3. The molecule has 2 rings (SSSR count). The van der Waals surface area contributed by atoms with Crippen molar-refractivity contribution in [1.82, 2.24) is 0 Å². The number of aromatic nitrogens is 1. The summed E-state index contributed by atoms with van der Waals surface area (Å²) in [5.74, 6) is 0. The molecule has 2 heteroatoms. The summed E-state index contributed by atoms with van der Waals surface area (Å²) in [5, 5.41) is 0. The van der Waals surface area contributed by atoms with Gasteiger partial charge in [-0.2, -0.15) is 4.57 Å². The zero-order valence-electron chi connectivity index (χ0n) is 9.07. The summed E-state index contributed by atoms with van der Waals surface area (Å²) in [5.41, 5.74) is 10.2. The Morgan fingerprint density at radius 2 is 1.67 bits per heavy atom. The molecule has 2 N–H and O–H groups in total. The molecule has 0 aliphatic rings. The molecule has 2 aromatic rings. The average Bonchev–Trinajstić information content (AvgIpc) is 2.20. The van der Waals surface area contributed by atoms with E-state index in [0.717, 1.165) is 5.69 Å². The summed E-state index contributed by atoms with van der Waals surface area (Å²) in [4.78, 5) is 0. The average molecular weight is 199 g/mol. The number of hydrogen-bond acceptors (Lipinski definition) is 1. The first-order chi connectivity index (χ1) is 7.16. The van der Waals surface area contributed by atoms with Crippen LogP contribution in [0.25, 0.3) is 11.3 Å². The predicted octanol–water partition coefficient (Wildman–Crippen LogP) is 2.07. The van der Waals surface area contributed by atoms with Gasteiger partial charge in [-0.1, -0.05) is 17.7 Å². The Balaban J connectivity index is 2.49. The van der Waals surface area contributed by atoms with Crippen molar-refractivity contribution >= 4 is 5.69 Å².